The van der Waals surface area contributed by atoms with Gasteiger partial charge < -0.3 is 9.47 Å². The van der Waals surface area contributed by atoms with Gasteiger partial charge in [-0.1, -0.05) is 18.2 Å². The number of rotatable bonds is 5. The zero-order chi connectivity index (χ0) is 17.5. The van der Waals surface area contributed by atoms with Gasteiger partial charge in [-0.25, -0.2) is 4.79 Å². The van der Waals surface area contributed by atoms with Crippen molar-refractivity contribution in [1.82, 2.24) is 0 Å². The molecule has 25 heavy (non-hydrogen) atoms. The van der Waals surface area contributed by atoms with Gasteiger partial charge in [0, 0.05) is 6.21 Å². The van der Waals surface area contributed by atoms with Gasteiger partial charge in [-0.15, -0.1) is 0 Å². The highest BCUT2D eigenvalue weighted by molar-refractivity contribution is 5.91. The van der Waals surface area contributed by atoms with Crippen LogP contribution >= 0.6 is 0 Å². The molecule has 0 atom stereocenters. The third-order valence-corrected chi connectivity index (χ3v) is 3.54. The molecule has 0 bridgehead atoms. The van der Waals surface area contributed by atoms with E-state index < -0.39 is 0 Å². The maximum absolute atomic E-state index is 12.0. The second kappa shape index (κ2) is 7.93. The topological polar surface area (TPSA) is 47.9 Å². The van der Waals surface area contributed by atoms with Crippen LogP contribution in [0.3, 0.4) is 0 Å². The maximum atomic E-state index is 12.0. The fourth-order valence-electron chi connectivity index (χ4n) is 2.18. The van der Waals surface area contributed by atoms with Gasteiger partial charge in [0.1, 0.15) is 11.5 Å². The predicted octanol–water partition coefficient (Wildman–Crippen LogP) is 4.67. The van der Waals surface area contributed by atoms with Gasteiger partial charge in [-0.3, -0.25) is 4.99 Å². The number of carbonyl (C=O) groups is 1. The quantitative estimate of drug-likeness (QED) is 0.388. The Bertz CT molecular complexity index is 854. The first kappa shape index (κ1) is 16.5. The molecule has 0 aliphatic carbocycles. The molecule has 0 heterocycles. The summed E-state index contributed by atoms with van der Waals surface area (Å²) in [6, 6.07) is 23.6. The van der Waals surface area contributed by atoms with Crippen molar-refractivity contribution in [2.24, 2.45) is 4.99 Å². The van der Waals surface area contributed by atoms with Crippen LogP contribution in [0.1, 0.15) is 15.9 Å². The van der Waals surface area contributed by atoms with Gasteiger partial charge in [-0.2, -0.15) is 0 Å². The number of esters is 1. The number of ether oxygens (including phenoxy) is 2. The van der Waals surface area contributed by atoms with E-state index in [9.17, 15) is 4.79 Å². The molecular formula is C21H17NO3. The Morgan fingerprint density at radius 3 is 2.12 bits per heavy atom. The van der Waals surface area contributed by atoms with Crippen molar-refractivity contribution in [1.29, 1.82) is 0 Å². The van der Waals surface area contributed by atoms with Crippen molar-refractivity contribution < 1.29 is 14.3 Å². The molecule has 3 rings (SSSR count). The maximum Gasteiger partial charge on any atom is 0.343 e. The Kier molecular flexibility index (Phi) is 5.22. The molecule has 0 N–H and O–H groups in total. The van der Waals surface area contributed by atoms with E-state index in [4.69, 9.17) is 9.47 Å². The number of nitrogens with zero attached hydrogens (tertiary/aromatic N) is 1. The number of benzene rings is 3. The van der Waals surface area contributed by atoms with E-state index in [0.717, 1.165) is 17.0 Å². The van der Waals surface area contributed by atoms with E-state index in [1.165, 1.54) is 0 Å². The summed E-state index contributed by atoms with van der Waals surface area (Å²) >= 11 is 0. The Balaban J connectivity index is 1.63. The van der Waals surface area contributed by atoms with Crippen molar-refractivity contribution in [3.05, 3.63) is 90.0 Å². The van der Waals surface area contributed by atoms with Gasteiger partial charge in [0.25, 0.3) is 0 Å². The molecule has 0 fully saturated rings. The fraction of sp³-hybridized carbons (Fsp3) is 0.0476. The molecule has 0 unspecified atom stereocenters. The number of hydrogen-bond acceptors (Lipinski definition) is 4. The highest BCUT2D eigenvalue weighted by Crippen LogP contribution is 2.18. The van der Waals surface area contributed by atoms with Crippen LogP contribution in [-0.2, 0) is 0 Å². The van der Waals surface area contributed by atoms with Crippen LogP contribution in [0.25, 0.3) is 0 Å². The molecule has 3 aromatic carbocycles. The van der Waals surface area contributed by atoms with Crippen LogP contribution in [0.5, 0.6) is 11.5 Å². The van der Waals surface area contributed by atoms with E-state index >= 15 is 0 Å². The van der Waals surface area contributed by atoms with E-state index in [2.05, 4.69) is 4.99 Å². The Labute approximate surface area is 146 Å². The summed E-state index contributed by atoms with van der Waals surface area (Å²) in [6.07, 6.45) is 1.75. The summed E-state index contributed by atoms with van der Waals surface area (Å²) in [4.78, 5) is 16.4. The first-order valence-corrected chi connectivity index (χ1v) is 7.80. The molecule has 4 heteroatoms. The second-order valence-corrected chi connectivity index (χ2v) is 5.28. The van der Waals surface area contributed by atoms with Crippen LogP contribution in [0.4, 0.5) is 5.69 Å². The molecule has 0 saturated carbocycles. The molecule has 0 aromatic heterocycles. The van der Waals surface area contributed by atoms with Gasteiger partial charge >= 0.3 is 5.97 Å². The molecule has 0 amide bonds. The lowest BCUT2D eigenvalue weighted by Gasteiger charge is -2.04. The second-order valence-electron chi connectivity index (χ2n) is 5.28. The molecular weight excluding hydrogens is 314 g/mol. The van der Waals surface area contributed by atoms with Crippen molar-refractivity contribution in [2.75, 3.05) is 7.11 Å². The van der Waals surface area contributed by atoms with Crippen LogP contribution in [0, 0.1) is 0 Å². The van der Waals surface area contributed by atoms with Crippen molar-refractivity contribution >= 4 is 17.9 Å². The Morgan fingerprint density at radius 2 is 1.48 bits per heavy atom. The molecule has 0 saturated heterocycles. The van der Waals surface area contributed by atoms with Crippen molar-refractivity contribution in [2.45, 2.75) is 0 Å². The third kappa shape index (κ3) is 4.54. The zero-order valence-corrected chi connectivity index (χ0v) is 13.8. The fourth-order valence-corrected chi connectivity index (χ4v) is 2.18. The average Bonchev–Trinajstić information content (AvgIpc) is 2.68. The first-order chi connectivity index (χ1) is 12.2. The monoisotopic (exact) mass is 331 g/mol. The number of aliphatic imine (C=N–C) groups is 1. The van der Waals surface area contributed by atoms with Crippen LogP contribution in [0.2, 0.25) is 0 Å². The highest BCUT2D eigenvalue weighted by atomic mass is 16.5. The minimum absolute atomic E-state index is 0.375. The summed E-state index contributed by atoms with van der Waals surface area (Å²) < 4.78 is 10.5. The van der Waals surface area contributed by atoms with E-state index in [0.29, 0.717) is 11.3 Å². The Hall–Kier alpha value is -3.40. The summed E-state index contributed by atoms with van der Waals surface area (Å²) in [5.41, 5.74) is 2.27. The predicted molar refractivity (Wildman–Crippen MR) is 98.1 cm³/mol. The lowest BCUT2D eigenvalue weighted by Crippen LogP contribution is -2.07. The third-order valence-electron chi connectivity index (χ3n) is 3.54. The van der Waals surface area contributed by atoms with Gasteiger partial charge in [0.05, 0.1) is 18.4 Å². The lowest BCUT2D eigenvalue weighted by molar-refractivity contribution is 0.0735. The summed E-state index contributed by atoms with van der Waals surface area (Å²) in [7, 11) is 1.63. The average molecular weight is 331 g/mol. The van der Waals surface area contributed by atoms with Gasteiger partial charge in [0.2, 0.25) is 0 Å². The molecule has 124 valence electrons. The minimum atomic E-state index is -0.375. The van der Waals surface area contributed by atoms with E-state index in [1.807, 2.05) is 42.5 Å². The smallest absolute Gasteiger partial charge is 0.343 e. The van der Waals surface area contributed by atoms with Crippen LogP contribution in [0.15, 0.2) is 83.9 Å². The normalized spacial score (nSPS) is 10.6. The SMILES string of the molecule is COc1ccc(N=Cc2ccc(OC(=O)c3ccccc3)cc2)cc1. The Morgan fingerprint density at radius 1 is 0.840 bits per heavy atom. The largest absolute Gasteiger partial charge is 0.497 e. The van der Waals surface area contributed by atoms with Crippen LogP contribution < -0.4 is 9.47 Å². The number of hydrogen-bond donors (Lipinski definition) is 0. The van der Waals surface area contributed by atoms with E-state index in [1.54, 1.807) is 49.7 Å². The summed E-state index contributed by atoms with van der Waals surface area (Å²) in [5.74, 6) is 0.916. The number of methoxy groups -OCH3 is 1. The number of carbonyl (C=O) groups excluding carboxylic acids is 1. The van der Waals surface area contributed by atoms with Crippen molar-refractivity contribution in [3.63, 3.8) is 0 Å². The first-order valence-electron chi connectivity index (χ1n) is 7.80. The van der Waals surface area contributed by atoms with Gasteiger partial charge in [0.15, 0.2) is 0 Å². The van der Waals surface area contributed by atoms with Crippen LogP contribution in [-0.4, -0.2) is 19.3 Å². The summed E-state index contributed by atoms with van der Waals surface area (Å²) in [5, 5.41) is 0. The van der Waals surface area contributed by atoms with Crippen molar-refractivity contribution in [3.8, 4) is 11.5 Å². The van der Waals surface area contributed by atoms with Gasteiger partial charge in [-0.05, 0) is 66.2 Å². The minimum Gasteiger partial charge on any atom is -0.497 e. The molecule has 3 aromatic rings. The van der Waals surface area contributed by atoms with E-state index in [-0.39, 0.29) is 5.97 Å². The highest BCUT2D eigenvalue weighted by Gasteiger charge is 2.07. The molecule has 0 radical (unpaired) electrons. The lowest BCUT2D eigenvalue weighted by atomic mass is 10.2. The molecule has 4 nitrogen and oxygen atoms in total. The summed E-state index contributed by atoms with van der Waals surface area (Å²) in [6.45, 7) is 0. The molecule has 0 aliphatic heterocycles. The standard InChI is InChI=1S/C21H17NO3/c1-24-19-13-9-18(10-14-19)22-15-16-7-11-20(12-8-16)25-21(23)17-5-3-2-4-6-17/h2-15H,1H3. The molecule has 0 spiro atoms. The molecule has 0 aliphatic rings. The zero-order valence-electron chi connectivity index (χ0n) is 13.8.